The Morgan fingerprint density at radius 2 is 1.89 bits per heavy atom. The third kappa shape index (κ3) is 2.66. The highest BCUT2D eigenvalue weighted by Crippen LogP contribution is 2.21. The maximum Gasteiger partial charge on any atom is 0.255 e. The molecular formula is C13H23N3O2. The van der Waals surface area contributed by atoms with Crippen LogP contribution in [-0.2, 0) is 9.59 Å². The number of carbonyl (C=O) groups is 2. The largest absolute Gasteiger partial charge is 0.285 e. The molecule has 2 rings (SSSR count). The van der Waals surface area contributed by atoms with E-state index in [4.69, 9.17) is 0 Å². The van der Waals surface area contributed by atoms with Gasteiger partial charge in [-0.05, 0) is 25.7 Å². The summed E-state index contributed by atoms with van der Waals surface area (Å²) in [5, 5.41) is 3.35. The van der Waals surface area contributed by atoms with Crippen LogP contribution in [0.4, 0.5) is 0 Å². The number of amides is 2. The molecule has 2 heterocycles. The second-order valence-electron chi connectivity index (χ2n) is 5.81. The standard InChI is InChI=1S/C13H23N3O2/c1-10(2)7-14-8-12(17)15-6-4-5-11(3)16(15)13(18)9-14/h10-11H,4-9H2,1-3H3/t11-/m0/s1. The van der Waals surface area contributed by atoms with Crippen molar-refractivity contribution in [2.24, 2.45) is 5.92 Å². The highest BCUT2D eigenvalue weighted by molar-refractivity contribution is 5.87. The fraction of sp³-hybridized carbons (Fsp3) is 0.846. The molecule has 0 aromatic rings. The molecule has 2 fully saturated rings. The summed E-state index contributed by atoms with van der Waals surface area (Å²) >= 11 is 0. The monoisotopic (exact) mass is 253 g/mol. The summed E-state index contributed by atoms with van der Waals surface area (Å²) in [6, 6.07) is 0.147. The van der Waals surface area contributed by atoms with Crippen LogP contribution >= 0.6 is 0 Å². The summed E-state index contributed by atoms with van der Waals surface area (Å²) in [6.07, 6.45) is 1.97. The second kappa shape index (κ2) is 5.26. The summed E-state index contributed by atoms with van der Waals surface area (Å²) in [5.41, 5.74) is 0. The van der Waals surface area contributed by atoms with E-state index in [1.165, 1.54) is 0 Å². The van der Waals surface area contributed by atoms with Gasteiger partial charge in [0, 0.05) is 13.1 Å². The first kappa shape index (κ1) is 13.3. The molecule has 0 radical (unpaired) electrons. The van der Waals surface area contributed by atoms with Gasteiger partial charge in [-0.3, -0.25) is 19.5 Å². The van der Waals surface area contributed by atoms with Crippen molar-refractivity contribution in [3.63, 3.8) is 0 Å². The van der Waals surface area contributed by atoms with Crippen molar-refractivity contribution in [1.29, 1.82) is 0 Å². The van der Waals surface area contributed by atoms with Crippen molar-refractivity contribution in [2.75, 3.05) is 26.2 Å². The minimum Gasteiger partial charge on any atom is -0.285 e. The van der Waals surface area contributed by atoms with Crippen LogP contribution in [0.1, 0.15) is 33.6 Å². The van der Waals surface area contributed by atoms with Gasteiger partial charge in [0.25, 0.3) is 11.8 Å². The zero-order chi connectivity index (χ0) is 13.3. The minimum atomic E-state index is 0.0630. The highest BCUT2D eigenvalue weighted by Gasteiger charge is 2.37. The van der Waals surface area contributed by atoms with Crippen molar-refractivity contribution < 1.29 is 9.59 Å². The third-order valence-corrected chi connectivity index (χ3v) is 3.55. The second-order valence-corrected chi connectivity index (χ2v) is 5.81. The molecule has 1 atom stereocenters. The van der Waals surface area contributed by atoms with E-state index in [0.29, 0.717) is 25.6 Å². The van der Waals surface area contributed by atoms with E-state index in [0.717, 1.165) is 19.4 Å². The number of hydrazine groups is 1. The van der Waals surface area contributed by atoms with Crippen molar-refractivity contribution >= 4 is 11.8 Å². The Labute approximate surface area is 109 Å². The fourth-order valence-electron chi connectivity index (χ4n) is 2.87. The van der Waals surface area contributed by atoms with Crippen molar-refractivity contribution in [1.82, 2.24) is 14.9 Å². The summed E-state index contributed by atoms with van der Waals surface area (Å²) in [7, 11) is 0. The van der Waals surface area contributed by atoms with E-state index >= 15 is 0 Å². The zero-order valence-electron chi connectivity index (χ0n) is 11.6. The van der Waals surface area contributed by atoms with Gasteiger partial charge in [0.15, 0.2) is 0 Å². The first-order valence-corrected chi connectivity index (χ1v) is 6.83. The number of hydrogen-bond acceptors (Lipinski definition) is 3. The van der Waals surface area contributed by atoms with Crippen LogP contribution < -0.4 is 0 Å². The van der Waals surface area contributed by atoms with Gasteiger partial charge >= 0.3 is 0 Å². The average molecular weight is 253 g/mol. The van der Waals surface area contributed by atoms with Gasteiger partial charge in [0.2, 0.25) is 0 Å². The number of hydrogen-bond donors (Lipinski definition) is 0. The normalized spacial score (nSPS) is 26.6. The summed E-state index contributed by atoms with van der Waals surface area (Å²) in [4.78, 5) is 26.5. The Balaban J connectivity index is 2.16. The van der Waals surface area contributed by atoms with Gasteiger partial charge in [-0.15, -0.1) is 0 Å². The molecular weight excluding hydrogens is 230 g/mol. The molecule has 0 aromatic heterocycles. The average Bonchev–Trinajstić information content (AvgIpc) is 2.37. The molecule has 0 N–H and O–H groups in total. The number of rotatable bonds is 2. The lowest BCUT2D eigenvalue weighted by molar-refractivity contribution is -0.169. The predicted molar refractivity (Wildman–Crippen MR) is 68.5 cm³/mol. The third-order valence-electron chi connectivity index (χ3n) is 3.55. The van der Waals surface area contributed by atoms with Gasteiger partial charge in [-0.2, -0.15) is 0 Å². The summed E-state index contributed by atoms with van der Waals surface area (Å²) in [6.45, 7) is 8.46. The molecule has 2 amide bonds. The SMILES string of the molecule is CC(C)CN1CC(=O)N2CCC[C@H](C)N2C(=O)C1. The molecule has 0 spiro atoms. The van der Waals surface area contributed by atoms with Crippen molar-refractivity contribution in [2.45, 2.75) is 39.7 Å². The maximum absolute atomic E-state index is 12.3. The predicted octanol–water partition coefficient (Wildman–Crippen LogP) is 0.712. The molecule has 5 heteroatoms. The van der Waals surface area contributed by atoms with Crippen molar-refractivity contribution in [3.05, 3.63) is 0 Å². The highest BCUT2D eigenvalue weighted by atomic mass is 16.2. The Morgan fingerprint density at radius 1 is 1.22 bits per heavy atom. The van der Waals surface area contributed by atoms with Crippen LogP contribution in [0.15, 0.2) is 0 Å². The molecule has 0 aromatic carbocycles. The Kier molecular flexibility index (Phi) is 3.90. The molecule has 102 valence electrons. The van der Waals surface area contributed by atoms with Gasteiger partial charge in [0.05, 0.1) is 19.1 Å². The van der Waals surface area contributed by atoms with Crippen LogP contribution in [-0.4, -0.2) is 59.0 Å². The molecule has 5 nitrogen and oxygen atoms in total. The smallest absolute Gasteiger partial charge is 0.255 e. The van der Waals surface area contributed by atoms with Crippen LogP contribution in [0.2, 0.25) is 0 Å². The lowest BCUT2D eigenvalue weighted by Crippen LogP contribution is -2.56. The van der Waals surface area contributed by atoms with Gasteiger partial charge in [-0.25, -0.2) is 5.01 Å². The number of carbonyl (C=O) groups excluding carboxylic acids is 2. The molecule has 2 aliphatic rings. The molecule has 0 saturated carbocycles. The van der Waals surface area contributed by atoms with Crippen molar-refractivity contribution in [3.8, 4) is 0 Å². The van der Waals surface area contributed by atoms with Crippen LogP contribution in [0, 0.1) is 5.92 Å². The number of nitrogens with zero attached hydrogens (tertiary/aromatic N) is 3. The molecule has 0 unspecified atom stereocenters. The molecule has 0 aliphatic carbocycles. The lowest BCUT2D eigenvalue weighted by atomic mass is 10.1. The van der Waals surface area contributed by atoms with E-state index in [1.807, 2.05) is 11.8 Å². The maximum atomic E-state index is 12.3. The summed E-state index contributed by atoms with van der Waals surface area (Å²) in [5.74, 6) is 0.593. The first-order chi connectivity index (χ1) is 8.49. The fourth-order valence-corrected chi connectivity index (χ4v) is 2.87. The van der Waals surface area contributed by atoms with E-state index in [9.17, 15) is 9.59 Å². The Morgan fingerprint density at radius 3 is 2.56 bits per heavy atom. The van der Waals surface area contributed by atoms with E-state index < -0.39 is 0 Å². The van der Waals surface area contributed by atoms with Gasteiger partial charge in [0.1, 0.15) is 0 Å². The lowest BCUT2D eigenvalue weighted by Gasteiger charge is -2.41. The molecule has 0 bridgehead atoms. The Hall–Kier alpha value is -1.10. The summed E-state index contributed by atoms with van der Waals surface area (Å²) < 4.78 is 0. The van der Waals surface area contributed by atoms with Crippen LogP contribution in [0.25, 0.3) is 0 Å². The van der Waals surface area contributed by atoms with E-state index in [1.54, 1.807) is 10.0 Å². The zero-order valence-corrected chi connectivity index (χ0v) is 11.6. The molecule has 18 heavy (non-hydrogen) atoms. The van der Waals surface area contributed by atoms with Gasteiger partial charge in [-0.1, -0.05) is 13.8 Å². The van der Waals surface area contributed by atoms with Crippen LogP contribution in [0.5, 0.6) is 0 Å². The molecule has 2 saturated heterocycles. The first-order valence-electron chi connectivity index (χ1n) is 6.83. The quantitative estimate of drug-likeness (QED) is 0.728. The Bertz CT molecular complexity index is 343. The minimum absolute atomic E-state index is 0.0630. The topological polar surface area (TPSA) is 43.9 Å². The van der Waals surface area contributed by atoms with E-state index in [-0.39, 0.29) is 17.9 Å². The van der Waals surface area contributed by atoms with Crippen LogP contribution in [0.3, 0.4) is 0 Å². The van der Waals surface area contributed by atoms with Gasteiger partial charge < -0.3 is 0 Å². The number of fused-ring (bicyclic) bond motifs is 1. The molecule has 2 aliphatic heterocycles. The van der Waals surface area contributed by atoms with E-state index in [2.05, 4.69) is 13.8 Å².